The Labute approximate surface area is 104 Å². The van der Waals surface area contributed by atoms with Gasteiger partial charge in [-0.2, -0.15) is 0 Å². The maximum Gasteiger partial charge on any atom is 0.0771 e. The topological polar surface area (TPSA) is 41.5 Å². The van der Waals surface area contributed by atoms with Crippen molar-refractivity contribution in [2.75, 3.05) is 6.54 Å². The van der Waals surface area contributed by atoms with E-state index in [0.29, 0.717) is 18.2 Å². The minimum atomic E-state index is -0.446. The summed E-state index contributed by atoms with van der Waals surface area (Å²) in [5.74, 6) is 0. The van der Waals surface area contributed by atoms with Gasteiger partial charge in [0.15, 0.2) is 0 Å². The van der Waals surface area contributed by atoms with Gasteiger partial charge in [0.05, 0.1) is 17.8 Å². The van der Waals surface area contributed by atoms with Crippen LogP contribution in [0.2, 0.25) is 0 Å². The lowest BCUT2D eigenvalue weighted by Crippen LogP contribution is -2.47. The molecule has 2 bridgehead atoms. The van der Waals surface area contributed by atoms with Crippen molar-refractivity contribution in [3.8, 4) is 0 Å². The van der Waals surface area contributed by atoms with Crippen LogP contribution in [0.3, 0.4) is 0 Å². The van der Waals surface area contributed by atoms with E-state index in [0.717, 1.165) is 25.8 Å². The van der Waals surface area contributed by atoms with E-state index in [9.17, 15) is 5.11 Å². The molecule has 0 spiro atoms. The van der Waals surface area contributed by atoms with Crippen molar-refractivity contribution in [2.24, 2.45) is 0 Å². The summed E-state index contributed by atoms with van der Waals surface area (Å²) >= 11 is 0. The van der Waals surface area contributed by atoms with E-state index in [1.807, 2.05) is 0 Å². The van der Waals surface area contributed by atoms with Crippen LogP contribution in [0.25, 0.3) is 0 Å². The molecule has 3 atom stereocenters. The minimum Gasteiger partial charge on any atom is -0.389 e. The molecule has 3 unspecified atom stereocenters. The Morgan fingerprint density at radius 2 is 1.88 bits per heavy atom. The van der Waals surface area contributed by atoms with Gasteiger partial charge in [0.1, 0.15) is 0 Å². The second kappa shape index (κ2) is 4.87. The Bertz CT molecular complexity index is 261. The third-order valence-corrected chi connectivity index (χ3v) is 4.83. The maximum absolute atomic E-state index is 10.6. The quantitative estimate of drug-likeness (QED) is 0.740. The Morgan fingerprint density at radius 3 is 2.47 bits per heavy atom. The molecule has 0 aromatic rings. The fraction of sp³-hybridized carbons (Fsp3) is 1.00. The number of rotatable bonds is 3. The van der Waals surface area contributed by atoms with E-state index in [2.05, 4.69) is 5.32 Å². The van der Waals surface area contributed by atoms with Gasteiger partial charge in [-0.05, 0) is 32.1 Å². The summed E-state index contributed by atoms with van der Waals surface area (Å²) < 4.78 is 5.84. The summed E-state index contributed by atoms with van der Waals surface area (Å²) in [6.45, 7) is 0.768. The predicted octanol–water partition coefficient (Wildman–Crippen LogP) is 1.98. The van der Waals surface area contributed by atoms with Crippen molar-refractivity contribution in [1.29, 1.82) is 0 Å². The first kappa shape index (κ1) is 11.9. The van der Waals surface area contributed by atoms with Crippen LogP contribution in [0.1, 0.15) is 57.8 Å². The van der Waals surface area contributed by atoms with Crippen LogP contribution in [0, 0.1) is 0 Å². The van der Waals surface area contributed by atoms with Gasteiger partial charge in [-0.15, -0.1) is 0 Å². The summed E-state index contributed by atoms with van der Waals surface area (Å²) in [7, 11) is 0. The fourth-order valence-corrected chi connectivity index (χ4v) is 3.74. The first-order valence-electron chi connectivity index (χ1n) is 7.36. The molecule has 17 heavy (non-hydrogen) atoms. The zero-order valence-corrected chi connectivity index (χ0v) is 10.7. The van der Waals surface area contributed by atoms with E-state index in [1.165, 1.54) is 38.5 Å². The average Bonchev–Trinajstić information content (AvgIpc) is 2.87. The molecule has 2 N–H and O–H groups in total. The lowest BCUT2D eigenvalue weighted by molar-refractivity contribution is 0.0195. The zero-order valence-electron chi connectivity index (χ0n) is 10.7. The van der Waals surface area contributed by atoms with Crippen molar-refractivity contribution in [1.82, 2.24) is 5.32 Å². The van der Waals surface area contributed by atoms with Crippen molar-refractivity contribution in [2.45, 2.75) is 81.6 Å². The van der Waals surface area contributed by atoms with Gasteiger partial charge in [0.2, 0.25) is 0 Å². The molecule has 98 valence electrons. The van der Waals surface area contributed by atoms with Crippen molar-refractivity contribution >= 4 is 0 Å². The number of ether oxygens (including phenoxy) is 1. The first-order valence-corrected chi connectivity index (χ1v) is 7.36. The second-order valence-electron chi connectivity index (χ2n) is 6.24. The molecule has 3 fully saturated rings. The highest BCUT2D eigenvalue weighted by Gasteiger charge is 2.41. The molecule has 2 saturated heterocycles. The normalized spacial score (nSPS) is 40.4. The van der Waals surface area contributed by atoms with E-state index < -0.39 is 5.60 Å². The number of nitrogens with one attached hydrogen (secondary N) is 1. The smallest absolute Gasteiger partial charge is 0.0771 e. The largest absolute Gasteiger partial charge is 0.389 e. The first-order chi connectivity index (χ1) is 8.25. The fourth-order valence-electron chi connectivity index (χ4n) is 3.74. The molecule has 3 rings (SSSR count). The van der Waals surface area contributed by atoms with Gasteiger partial charge >= 0.3 is 0 Å². The van der Waals surface area contributed by atoms with E-state index in [1.54, 1.807) is 0 Å². The van der Waals surface area contributed by atoms with Crippen LogP contribution in [0.5, 0.6) is 0 Å². The van der Waals surface area contributed by atoms with Crippen molar-refractivity contribution in [3.05, 3.63) is 0 Å². The predicted molar refractivity (Wildman–Crippen MR) is 67.0 cm³/mol. The molecule has 1 saturated carbocycles. The maximum atomic E-state index is 10.6. The molecule has 0 aromatic carbocycles. The molecule has 1 aliphatic carbocycles. The molecule has 0 amide bonds. The van der Waals surface area contributed by atoms with Gasteiger partial charge in [-0.25, -0.2) is 0 Å². The second-order valence-corrected chi connectivity index (χ2v) is 6.24. The molecule has 2 heterocycles. The van der Waals surface area contributed by atoms with E-state index in [-0.39, 0.29) is 0 Å². The molecule has 2 aliphatic heterocycles. The Hall–Kier alpha value is -0.120. The average molecular weight is 239 g/mol. The van der Waals surface area contributed by atoms with Crippen LogP contribution in [0.15, 0.2) is 0 Å². The number of fused-ring (bicyclic) bond motifs is 2. The molecule has 3 nitrogen and oxygen atoms in total. The highest BCUT2D eigenvalue weighted by atomic mass is 16.5. The molecule has 0 aromatic heterocycles. The van der Waals surface area contributed by atoms with Gasteiger partial charge in [-0.3, -0.25) is 0 Å². The monoisotopic (exact) mass is 239 g/mol. The minimum absolute atomic E-state index is 0.425. The highest BCUT2D eigenvalue weighted by Crippen LogP contribution is 2.35. The summed E-state index contributed by atoms with van der Waals surface area (Å²) in [6.07, 6.45) is 11.4. The molecule has 3 heteroatoms. The number of hydrogen-bond donors (Lipinski definition) is 2. The molecular formula is C14H25NO2. The summed E-state index contributed by atoms with van der Waals surface area (Å²) in [5, 5.41) is 14.2. The SMILES string of the molecule is OC1(CNC2CC3CCC2O3)CCCCCC1. The summed E-state index contributed by atoms with van der Waals surface area (Å²) in [5.41, 5.74) is -0.446. The van der Waals surface area contributed by atoms with E-state index >= 15 is 0 Å². The highest BCUT2D eigenvalue weighted by molar-refractivity contribution is 4.95. The third-order valence-electron chi connectivity index (χ3n) is 4.83. The molecular weight excluding hydrogens is 214 g/mol. The Kier molecular flexibility index (Phi) is 3.42. The lowest BCUT2D eigenvalue weighted by atomic mass is 9.91. The third kappa shape index (κ3) is 2.67. The zero-order chi connectivity index (χ0) is 11.7. The van der Waals surface area contributed by atoms with Crippen LogP contribution < -0.4 is 5.32 Å². The van der Waals surface area contributed by atoms with Gasteiger partial charge < -0.3 is 15.2 Å². The molecule has 0 radical (unpaired) electrons. The van der Waals surface area contributed by atoms with Crippen LogP contribution in [-0.2, 0) is 4.74 Å². The lowest BCUT2D eigenvalue weighted by Gasteiger charge is -2.30. The van der Waals surface area contributed by atoms with Crippen LogP contribution in [-0.4, -0.2) is 35.5 Å². The Balaban J connectivity index is 1.49. The van der Waals surface area contributed by atoms with Crippen molar-refractivity contribution in [3.63, 3.8) is 0 Å². The van der Waals surface area contributed by atoms with Gasteiger partial charge in [-0.1, -0.05) is 25.7 Å². The molecule has 3 aliphatic rings. The van der Waals surface area contributed by atoms with Gasteiger partial charge in [0.25, 0.3) is 0 Å². The van der Waals surface area contributed by atoms with Crippen molar-refractivity contribution < 1.29 is 9.84 Å². The van der Waals surface area contributed by atoms with Gasteiger partial charge in [0, 0.05) is 12.6 Å². The van der Waals surface area contributed by atoms with Crippen LogP contribution in [0.4, 0.5) is 0 Å². The standard InChI is InChI=1S/C14H25NO2/c16-14(7-3-1-2-4-8-14)10-15-12-9-11-5-6-13(12)17-11/h11-13,15-16H,1-10H2. The number of hydrogen-bond acceptors (Lipinski definition) is 3. The van der Waals surface area contributed by atoms with E-state index in [4.69, 9.17) is 4.74 Å². The van der Waals surface area contributed by atoms with Crippen LogP contribution >= 0.6 is 0 Å². The summed E-state index contributed by atoms with van der Waals surface area (Å²) in [6, 6.07) is 0.501. The summed E-state index contributed by atoms with van der Waals surface area (Å²) in [4.78, 5) is 0. The number of aliphatic hydroxyl groups is 1. The Morgan fingerprint density at radius 1 is 1.12 bits per heavy atom.